The molecule has 1 saturated heterocycles. The minimum absolute atomic E-state index is 0.00396. The van der Waals surface area contributed by atoms with Gasteiger partial charge in [-0.25, -0.2) is 9.59 Å². The van der Waals surface area contributed by atoms with Gasteiger partial charge in [-0.05, 0) is 26.7 Å². The molecule has 0 aromatic carbocycles. The number of aliphatic carboxylic acids is 1. The van der Waals surface area contributed by atoms with E-state index >= 15 is 0 Å². The zero-order valence-corrected chi connectivity index (χ0v) is 10.6. The van der Waals surface area contributed by atoms with Crippen LogP contribution >= 0.6 is 0 Å². The van der Waals surface area contributed by atoms with E-state index in [2.05, 4.69) is 10.6 Å². The summed E-state index contributed by atoms with van der Waals surface area (Å²) in [5.74, 6) is -1.36. The van der Waals surface area contributed by atoms with Gasteiger partial charge in [-0.3, -0.25) is 0 Å². The average Bonchev–Trinajstić information content (AvgIpc) is 2.24. The lowest BCUT2D eigenvalue weighted by molar-refractivity contribution is -0.146. The molecule has 2 atom stereocenters. The van der Waals surface area contributed by atoms with Gasteiger partial charge in [0.05, 0.1) is 12.1 Å². The normalized spacial score (nSPS) is 24.1. The highest BCUT2D eigenvalue weighted by molar-refractivity contribution is 5.76. The second-order valence-electron chi connectivity index (χ2n) is 5.01. The molecule has 4 N–H and O–H groups in total. The first-order chi connectivity index (χ1) is 8.30. The van der Waals surface area contributed by atoms with Crippen molar-refractivity contribution in [2.24, 2.45) is 0 Å². The van der Waals surface area contributed by atoms with E-state index < -0.39 is 18.1 Å². The fraction of sp³-hybridized carbons (Fsp3) is 0.818. The van der Waals surface area contributed by atoms with E-state index in [9.17, 15) is 9.59 Å². The van der Waals surface area contributed by atoms with Gasteiger partial charge in [0.1, 0.15) is 0 Å². The molecule has 7 heteroatoms. The third-order valence-electron chi connectivity index (χ3n) is 2.77. The van der Waals surface area contributed by atoms with Crippen molar-refractivity contribution in [2.75, 3.05) is 13.2 Å². The van der Waals surface area contributed by atoms with Gasteiger partial charge in [0.15, 0.2) is 6.10 Å². The van der Waals surface area contributed by atoms with Gasteiger partial charge in [-0.1, -0.05) is 0 Å². The molecule has 18 heavy (non-hydrogen) atoms. The first-order valence-corrected chi connectivity index (χ1v) is 5.89. The van der Waals surface area contributed by atoms with Crippen LogP contribution in [0.25, 0.3) is 0 Å². The van der Waals surface area contributed by atoms with Crippen molar-refractivity contribution in [3.05, 3.63) is 0 Å². The quantitative estimate of drug-likeness (QED) is 0.554. The number of aliphatic hydroxyl groups is 1. The third-order valence-corrected chi connectivity index (χ3v) is 2.77. The molecule has 1 aliphatic heterocycles. The Labute approximate surface area is 106 Å². The third kappa shape index (κ3) is 4.89. The fourth-order valence-corrected chi connectivity index (χ4v) is 1.87. The molecule has 2 unspecified atom stereocenters. The van der Waals surface area contributed by atoms with E-state index in [1.54, 1.807) is 0 Å². The number of carboxylic acid groups (broad SMARTS) is 1. The Morgan fingerprint density at radius 3 is 2.72 bits per heavy atom. The Hall–Kier alpha value is -1.34. The Morgan fingerprint density at radius 2 is 2.17 bits per heavy atom. The van der Waals surface area contributed by atoms with Gasteiger partial charge < -0.3 is 25.6 Å². The van der Waals surface area contributed by atoms with E-state index in [4.69, 9.17) is 14.9 Å². The maximum absolute atomic E-state index is 11.5. The number of hydrogen-bond acceptors (Lipinski definition) is 4. The summed E-state index contributed by atoms with van der Waals surface area (Å²) >= 11 is 0. The topological polar surface area (TPSA) is 108 Å². The Bertz CT molecular complexity index is 319. The summed E-state index contributed by atoms with van der Waals surface area (Å²) in [6, 6.07) is -0.478. The van der Waals surface area contributed by atoms with Crippen molar-refractivity contribution in [1.82, 2.24) is 10.6 Å². The number of nitrogens with one attached hydrogen (secondary N) is 2. The minimum atomic E-state index is -1.58. The number of aliphatic hydroxyl groups excluding tert-OH is 1. The largest absolute Gasteiger partial charge is 0.479 e. The molecule has 0 spiro atoms. The highest BCUT2D eigenvalue weighted by atomic mass is 16.5. The number of carboxylic acids is 1. The molecule has 7 nitrogen and oxygen atoms in total. The van der Waals surface area contributed by atoms with Crippen LogP contribution in [0.3, 0.4) is 0 Å². The monoisotopic (exact) mass is 260 g/mol. The van der Waals surface area contributed by atoms with E-state index in [1.807, 2.05) is 13.8 Å². The van der Waals surface area contributed by atoms with E-state index in [1.165, 1.54) is 0 Å². The molecule has 0 saturated carbocycles. The predicted molar refractivity (Wildman–Crippen MR) is 63.2 cm³/mol. The van der Waals surface area contributed by atoms with E-state index in [0.717, 1.165) is 6.42 Å². The summed E-state index contributed by atoms with van der Waals surface area (Å²) in [4.78, 5) is 21.8. The van der Waals surface area contributed by atoms with Crippen molar-refractivity contribution in [3.8, 4) is 0 Å². The Balaban J connectivity index is 2.30. The lowest BCUT2D eigenvalue weighted by Gasteiger charge is -2.35. The first kappa shape index (κ1) is 14.7. The molecular formula is C11H20N2O5. The van der Waals surface area contributed by atoms with Crippen LogP contribution in [-0.4, -0.2) is 53.1 Å². The highest BCUT2D eigenvalue weighted by Gasteiger charge is 2.29. The lowest BCUT2D eigenvalue weighted by atomic mass is 9.94. The molecular weight excluding hydrogens is 240 g/mol. The molecule has 1 rings (SSSR count). The van der Waals surface area contributed by atoms with Crippen LogP contribution in [0.4, 0.5) is 4.79 Å². The number of amides is 2. The molecule has 0 aromatic heterocycles. The summed E-state index contributed by atoms with van der Waals surface area (Å²) in [6.07, 6.45) is -0.165. The molecule has 0 bridgehead atoms. The fourth-order valence-electron chi connectivity index (χ4n) is 1.87. The number of hydrogen-bond donors (Lipinski definition) is 4. The molecule has 1 fully saturated rings. The van der Waals surface area contributed by atoms with Gasteiger partial charge in [0.2, 0.25) is 0 Å². The molecule has 0 radical (unpaired) electrons. The summed E-state index contributed by atoms with van der Waals surface area (Å²) in [5, 5.41) is 22.5. The zero-order chi connectivity index (χ0) is 13.8. The second kappa shape index (κ2) is 6.01. The van der Waals surface area contributed by atoms with Gasteiger partial charge in [-0.15, -0.1) is 0 Å². The highest BCUT2D eigenvalue weighted by Crippen LogP contribution is 2.23. The van der Waals surface area contributed by atoms with Crippen molar-refractivity contribution in [1.29, 1.82) is 0 Å². The van der Waals surface area contributed by atoms with Crippen LogP contribution in [-0.2, 0) is 9.53 Å². The number of carbonyl (C=O) groups excluding carboxylic acids is 1. The van der Waals surface area contributed by atoms with Gasteiger partial charge in [0.25, 0.3) is 0 Å². The predicted octanol–water partition coefficient (Wildman–Crippen LogP) is -0.311. The zero-order valence-electron chi connectivity index (χ0n) is 10.6. The molecule has 0 aliphatic carbocycles. The minimum Gasteiger partial charge on any atom is -0.479 e. The molecule has 2 amide bonds. The molecule has 104 valence electrons. The summed E-state index contributed by atoms with van der Waals surface area (Å²) in [5.41, 5.74) is -0.267. The Kier molecular flexibility index (Phi) is 4.92. The maximum Gasteiger partial charge on any atom is 0.334 e. The van der Waals surface area contributed by atoms with Gasteiger partial charge in [-0.2, -0.15) is 0 Å². The van der Waals surface area contributed by atoms with Crippen molar-refractivity contribution in [2.45, 2.75) is 44.4 Å². The van der Waals surface area contributed by atoms with Crippen LogP contribution in [0, 0.1) is 0 Å². The Morgan fingerprint density at radius 1 is 1.50 bits per heavy atom. The lowest BCUT2D eigenvalue weighted by Crippen LogP contribution is -2.50. The smallest absolute Gasteiger partial charge is 0.334 e. The van der Waals surface area contributed by atoms with Crippen LogP contribution in [0.2, 0.25) is 0 Å². The van der Waals surface area contributed by atoms with E-state index in [0.29, 0.717) is 13.0 Å². The maximum atomic E-state index is 11.5. The van der Waals surface area contributed by atoms with Crippen LogP contribution in [0.1, 0.15) is 26.7 Å². The van der Waals surface area contributed by atoms with Crippen molar-refractivity contribution in [3.63, 3.8) is 0 Å². The van der Waals surface area contributed by atoms with Gasteiger partial charge >= 0.3 is 12.0 Å². The number of urea groups is 1. The SMILES string of the molecule is CC1(C)CC(NC(=O)NCC(O)C(=O)O)CCO1. The van der Waals surface area contributed by atoms with Crippen molar-refractivity contribution < 1.29 is 24.5 Å². The number of carbonyl (C=O) groups is 2. The summed E-state index contributed by atoms with van der Waals surface area (Å²) in [7, 11) is 0. The molecule has 1 heterocycles. The summed E-state index contributed by atoms with van der Waals surface area (Å²) < 4.78 is 5.52. The van der Waals surface area contributed by atoms with Crippen molar-refractivity contribution >= 4 is 12.0 Å². The molecule has 1 aliphatic rings. The second-order valence-corrected chi connectivity index (χ2v) is 5.01. The number of rotatable bonds is 4. The standard InChI is InChI=1S/C11H20N2O5/c1-11(2)5-7(3-4-18-11)13-10(17)12-6-8(14)9(15)16/h7-8,14H,3-6H2,1-2H3,(H,15,16)(H2,12,13,17). The average molecular weight is 260 g/mol. The summed E-state index contributed by atoms with van der Waals surface area (Å²) in [6.45, 7) is 4.17. The molecule has 0 aromatic rings. The van der Waals surface area contributed by atoms with Gasteiger partial charge in [0, 0.05) is 12.6 Å². The van der Waals surface area contributed by atoms with Crippen LogP contribution < -0.4 is 10.6 Å². The van der Waals surface area contributed by atoms with Crippen LogP contribution in [0.15, 0.2) is 0 Å². The number of ether oxygens (including phenoxy) is 1. The first-order valence-electron chi connectivity index (χ1n) is 5.89. The van der Waals surface area contributed by atoms with E-state index in [-0.39, 0.29) is 18.2 Å². The van der Waals surface area contributed by atoms with Crippen LogP contribution in [0.5, 0.6) is 0 Å².